The van der Waals surface area contributed by atoms with Crippen LogP contribution in [0.5, 0.6) is 0 Å². The minimum absolute atomic E-state index is 0.0167. The number of carbonyl (C=O) groups excluding carboxylic acids is 10. The predicted octanol–water partition coefficient (Wildman–Crippen LogP) is 5.51. The number of carbonyl (C=O) groups is 12. The Hall–Kier alpha value is -10.2. The monoisotopic (exact) mass is 1110 g/mol. The highest BCUT2D eigenvalue weighted by Gasteiger charge is 2.29. The Morgan fingerprint density at radius 2 is 0.625 bits per heavy atom. The third kappa shape index (κ3) is 26.0. The van der Waals surface area contributed by atoms with E-state index in [1.54, 1.807) is 54.6 Å². The summed E-state index contributed by atoms with van der Waals surface area (Å²) >= 11 is 0. The van der Waals surface area contributed by atoms with Crippen LogP contribution in [-0.2, 0) is 57.1 Å². The Kier molecular flexibility index (Phi) is 33.2. The van der Waals surface area contributed by atoms with Crippen LogP contribution < -0.4 is 0 Å². The molecule has 2 aliphatic heterocycles. The number of carboxylic acids is 2. The van der Waals surface area contributed by atoms with Crippen LogP contribution in [0.15, 0.2) is 148 Å². The molecule has 6 rings (SSSR count). The van der Waals surface area contributed by atoms with Gasteiger partial charge in [-0.2, -0.15) is 0 Å². The number of carboxylic acid groups (broad SMARTS) is 2. The van der Waals surface area contributed by atoms with Gasteiger partial charge in [0.15, 0.2) is 0 Å². The molecule has 4 N–H and O–H groups in total. The van der Waals surface area contributed by atoms with Gasteiger partial charge in [-0.3, -0.25) is 0 Å². The highest BCUT2D eigenvalue weighted by molar-refractivity contribution is 6.15. The van der Waals surface area contributed by atoms with Crippen LogP contribution in [-0.4, -0.2) is 145 Å². The summed E-state index contributed by atoms with van der Waals surface area (Å²) in [7, 11) is 0. The number of ether oxygens (including phenoxy) is 8. The van der Waals surface area contributed by atoms with Crippen molar-refractivity contribution in [2.24, 2.45) is 0 Å². The van der Waals surface area contributed by atoms with E-state index < -0.39 is 71.6 Å². The Balaban J connectivity index is 0.000000496. The van der Waals surface area contributed by atoms with E-state index in [9.17, 15) is 57.5 Å². The normalized spacial score (nSPS) is 10.7. The van der Waals surface area contributed by atoms with Gasteiger partial charge in [0.2, 0.25) is 0 Å². The molecule has 0 saturated carbocycles. The third-order valence-electron chi connectivity index (χ3n) is 9.24. The smallest absolute Gasteiger partial charge is 0.346 e. The zero-order valence-corrected chi connectivity index (χ0v) is 42.8. The molecule has 4 aromatic rings. The number of hydrogen-bond acceptors (Lipinski definition) is 22. The minimum Gasteiger partial charge on any atom is -0.478 e. The van der Waals surface area contributed by atoms with Crippen LogP contribution >= 0.6 is 0 Å². The summed E-state index contributed by atoms with van der Waals surface area (Å²) in [5.74, 6) is -8.10. The van der Waals surface area contributed by atoms with Crippen molar-refractivity contribution in [3.05, 3.63) is 192 Å². The van der Waals surface area contributed by atoms with Gasteiger partial charge in [0.25, 0.3) is 0 Å². The van der Waals surface area contributed by atoms with Crippen molar-refractivity contribution in [1.82, 2.24) is 0 Å². The number of benzene rings is 4. The first-order valence-corrected chi connectivity index (χ1v) is 23.4. The predicted molar refractivity (Wildman–Crippen MR) is 277 cm³/mol. The summed E-state index contributed by atoms with van der Waals surface area (Å²) < 4.78 is 36.8. The molecule has 24 heteroatoms. The summed E-state index contributed by atoms with van der Waals surface area (Å²) in [6, 6.07) is 24.6. The van der Waals surface area contributed by atoms with Gasteiger partial charge in [-0.05, 0) is 74.2 Å². The quantitative estimate of drug-likeness (QED) is 0.0248. The van der Waals surface area contributed by atoms with Crippen LogP contribution in [0.25, 0.3) is 0 Å². The molecule has 24 nitrogen and oxygen atoms in total. The molecule has 0 aliphatic carbocycles. The summed E-state index contributed by atoms with van der Waals surface area (Å²) in [6.07, 6.45) is 6.65. The third-order valence-corrected chi connectivity index (χ3v) is 9.24. The maximum Gasteiger partial charge on any atom is 0.346 e. The van der Waals surface area contributed by atoms with Gasteiger partial charge in [-0.25, -0.2) is 57.5 Å². The molecule has 4 aromatic carbocycles. The Labute approximate surface area is 457 Å². The van der Waals surface area contributed by atoms with Crippen molar-refractivity contribution in [1.29, 1.82) is 0 Å². The lowest BCUT2D eigenvalue weighted by Gasteiger charge is -2.07. The molecule has 0 radical (unpaired) electrons. The Morgan fingerprint density at radius 1 is 0.362 bits per heavy atom. The molecular formula is C56H56O24. The van der Waals surface area contributed by atoms with Gasteiger partial charge in [0.05, 0.1) is 70.9 Å². The first-order chi connectivity index (χ1) is 38.3. The number of rotatable bonds is 22. The zero-order valence-electron chi connectivity index (χ0n) is 42.8. The van der Waals surface area contributed by atoms with Gasteiger partial charge < -0.3 is 58.3 Å². The van der Waals surface area contributed by atoms with E-state index >= 15 is 0 Å². The van der Waals surface area contributed by atoms with E-state index in [1.807, 2.05) is 0 Å². The van der Waals surface area contributed by atoms with Crippen LogP contribution in [0.1, 0.15) is 109 Å². The molecule has 0 amide bonds. The van der Waals surface area contributed by atoms with E-state index in [1.165, 1.54) is 42.5 Å². The highest BCUT2D eigenvalue weighted by Crippen LogP contribution is 2.19. The standard InChI is InChI=1S/C15H16O6.C13H12O6.2C8H4O3.C7H12O3.C5H8O3/c1-2-13(16)20-9-5-6-10-21-15(19)12-8-4-3-7-11(12)14(17)18;1-2-11(14)18-7-8-19-13(17)10-6-4-3-5-9(10)12(15)16;2*9-7-5-3-1-2-4-6(5)8(10)11-7;1-2-7(9)10-6-4-3-5-8;1-2-5(7)8-4-3-6/h2-4,7-8H,1,5-6,9-10H2,(H,17,18);2-6H,1,7-8H2,(H,15,16);2*1-4H;2,8H,1,3-6H2;2,6H,1,3-4H2. The number of fused-ring (bicyclic) bond motifs is 2. The van der Waals surface area contributed by atoms with Gasteiger partial charge in [0, 0.05) is 30.9 Å². The fraction of sp³-hybridized carbons (Fsp3) is 0.214. The summed E-state index contributed by atoms with van der Waals surface area (Å²) in [4.78, 5) is 131. The Morgan fingerprint density at radius 3 is 0.938 bits per heavy atom. The molecular weight excluding hydrogens is 1060 g/mol. The minimum atomic E-state index is -1.22. The molecule has 0 saturated heterocycles. The molecule has 2 aliphatic rings. The lowest BCUT2D eigenvalue weighted by Crippen LogP contribution is -2.15. The number of cyclic esters (lactones) is 4. The summed E-state index contributed by atoms with van der Waals surface area (Å²) in [5.41, 5.74) is 1.16. The van der Waals surface area contributed by atoms with E-state index in [0.717, 1.165) is 24.3 Å². The van der Waals surface area contributed by atoms with E-state index in [4.69, 9.17) is 34.6 Å². The van der Waals surface area contributed by atoms with E-state index in [0.29, 0.717) is 54.5 Å². The van der Waals surface area contributed by atoms with Crippen molar-refractivity contribution in [3.63, 3.8) is 0 Å². The van der Waals surface area contributed by atoms with Crippen LogP contribution in [0.2, 0.25) is 0 Å². The van der Waals surface area contributed by atoms with Crippen LogP contribution in [0.4, 0.5) is 0 Å². The molecule has 0 fully saturated rings. The summed E-state index contributed by atoms with van der Waals surface area (Å²) in [5, 5.41) is 34.3. The van der Waals surface area contributed by atoms with Gasteiger partial charge in [-0.1, -0.05) is 74.8 Å². The summed E-state index contributed by atoms with van der Waals surface area (Å²) in [6.45, 7) is 13.3. The molecule has 0 bridgehead atoms. The number of aliphatic hydroxyl groups is 2. The SMILES string of the molecule is C=CC(=O)OCCCCO.C=CC(=O)OCCCCOC(=O)c1ccccc1C(=O)O.C=CC(=O)OCCO.C=CC(=O)OCCOC(=O)c1ccccc1C(=O)O.O=C1OC(=O)c2ccccc21.O=C1OC(=O)c2ccccc21. The second kappa shape index (κ2) is 39.2. The van der Waals surface area contributed by atoms with Crippen molar-refractivity contribution < 1.29 is 116 Å². The topological polar surface area (TPSA) is 360 Å². The number of esters is 10. The molecule has 0 atom stereocenters. The van der Waals surface area contributed by atoms with E-state index in [-0.39, 0.29) is 68.5 Å². The van der Waals surface area contributed by atoms with Crippen molar-refractivity contribution in [2.45, 2.75) is 25.7 Å². The van der Waals surface area contributed by atoms with E-state index in [2.05, 4.69) is 50.0 Å². The fourth-order valence-electron chi connectivity index (χ4n) is 5.50. The van der Waals surface area contributed by atoms with Crippen LogP contribution in [0.3, 0.4) is 0 Å². The maximum absolute atomic E-state index is 11.8. The zero-order chi connectivity index (χ0) is 59.8. The molecule has 0 spiro atoms. The van der Waals surface area contributed by atoms with Crippen molar-refractivity contribution >= 4 is 71.6 Å². The molecule has 0 unspecified atom stereocenters. The number of aliphatic hydroxyl groups excluding tert-OH is 2. The number of aromatic carboxylic acids is 2. The largest absolute Gasteiger partial charge is 0.478 e. The highest BCUT2D eigenvalue weighted by atomic mass is 16.6. The maximum atomic E-state index is 11.8. The van der Waals surface area contributed by atoms with Gasteiger partial charge in [-0.15, -0.1) is 0 Å². The van der Waals surface area contributed by atoms with Gasteiger partial charge >= 0.3 is 71.6 Å². The number of hydrogen-bond donors (Lipinski definition) is 4. The second-order valence-corrected chi connectivity index (χ2v) is 14.8. The second-order valence-electron chi connectivity index (χ2n) is 14.8. The molecule has 0 aromatic heterocycles. The van der Waals surface area contributed by atoms with Gasteiger partial charge in [0.1, 0.15) is 19.8 Å². The first-order valence-electron chi connectivity index (χ1n) is 23.4. The Bertz CT molecular complexity index is 2710. The van der Waals surface area contributed by atoms with Crippen molar-refractivity contribution in [2.75, 3.05) is 52.9 Å². The van der Waals surface area contributed by atoms with Crippen molar-refractivity contribution in [3.8, 4) is 0 Å². The average Bonchev–Trinajstić information content (AvgIpc) is 4.00. The molecule has 424 valence electrons. The van der Waals surface area contributed by atoms with Crippen LogP contribution in [0, 0.1) is 0 Å². The lowest BCUT2D eigenvalue weighted by molar-refractivity contribution is -0.139. The average molecular weight is 1110 g/mol. The number of unbranched alkanes of at least 4 members (excludes halogenated alkanes) is 2. The molecule has 80 heavy (non-hydrogen) atoms. The molecule has 2 heterocycles. The fourth-order valence-corrected chi connectivity index (χ4v) is 5.50. The first kappa shape index (κ1) is 67.8. The lowest BCUT2D eigenvalue weighted by atomic mass is 10.1.